The molecule has 0 atom stereocenters. The highest BCUT2D eigenvalue weighted by atomic mass is 16.6. The van der Waals surface area contributed by atoms with Crippen molar-refractivity contribution in [2.45, 2.75) is 20.8 Å². The van der Waals surface area contributed by atoms with Crippen molar-refractivity contribution >= 4 is 11.9 Å². The molecule has 0 aromatic heterocycles. The molecule has 3 heteroatoms. The van der Waals surface area contributed by atoms with Gasteiger partial charge in [0.15, 0.2) is 0 Å². The second-order valence-electron chi connectivity index (χ2n) is 3.32. The highest BCUT2D eigenvalue weighted by molar-refractivity contribution is 6.13. The van der Waals surface area contributed by atoms with Crippen LogP contribution in [-0.2, 0) is 14.3 Å². The van der Waals surface area contributed by atoms with Crippen molar-refractivity contribution in [2.75, 3.05) is 0 Å². The molecule has 0 radical (unpaired) electrons. The summed E-state index contributed by atoms with van der Waals surface area (Å²) in [7, 11) is 0. The molecule has 0 aromatic carbocycles. The largest absolute Gasteiger partial charge is 0.386 e. The lowest BCUT2D eigenvalue weighted by molar-refractivity contribution is -0.150. The number of carbonyl (C=O) groups is 2. The SMILES string of the molecule is CC1=C(/C=C\C(C)C)C(=O)OC1=O. The first-order valence-corrected chi connectivity index (χ1v) is 4.18. The van der Waals surface area contributed by atoms with E-state index in [2.05, 4.69) is 4.74 Å². The molecular weight excluding hydrogens is 168 g/mol. The summed E-state index contributed by atoms with van der Waals surface area (Å²) in [4.78, 5) is 22.0. The van der Waals surface area contributed by atoms with Crippen molar-refractivity contribution < 1.29 is 14.3 Å². The van der Waals surface area contributed by atoms with Gasteiger partial charge in [0.1, 0.15) is 0 Å². The zero-order valence-corrected chi connectivity index (χ0v) is 7.96. The van der Waals surface area contributed by atoms with Gasteiger partial charge in [-0.15, -0.1) is 0 Å². The van der Waals surface area contributed by atoms with Crippen molar-refractivity contribution in [3.05, 3.63) is 23.3 Å². The minimum Gasteiger partial charge on any atom is -0.386 e. The quantitative estimate of drug-likeness (QED) is 0.479. The van der Waals surface area contributed by atoms with E-state index in [1.54, 1.807) is 13.0 Å². The Kier molecular flexibility index (Phi) is 2.66. The fourth-order valence-corrected chi connectivity index (χ4v) is 0.960. The molecule has 0 amide bonds. The molecule has 0 aromatic rings. The van der Waals surface area contributed by atoms with Crippen molar-refractivity contribution in [1.29, 1.82) is 0 Å². The Bertz CT molecular complexity index is 308. The summed E-state index contributed by atoms with van der Waals surface area (Å²) in [6.45, 7) is 5.58. The number of hydrogen-bond donors (Lipinski definition) is 0. The maximum absolute atomic E-state index is 11.1. The Morgan fingerprint density at radius 1 is 1.23 bits per heavy atom. The number of carbonyl (C=O) groups excluding carboxylic acids is 2. The third-order valence-corrected chi connectivity index (χ3v) is 1.76. The van der Waals surface area contributed by atoms with E-state index in [4.69, 9.17) is 0 Å². The lowest BCUT2D eigenvalue weighted by atomic mass is 10.1. The average molecular weight is 180 g/mol. The first kappa shape index (κ1) is 9.71. The van der Waals surface area contributed by atoms with Crippen LogP contribution >= 0.6 is 0 Å². The summed E-state index contributed by atoms with van der Waals surface area (Å²) < 4.78 is 4.42. The van der Waals surface area contributed by atoms with Crippen LogP contribution in [0.2, 0.25) is 0 Å². The van der Waals surface area contributed by atoms with E-state index in [1.165, 1.54) is 0 Å². The maximum atomic E-state index is 11.1. The molecule has 0 unspecified atom stereocenters. The minimum absolute atomic E-state index is 0.351. The number of allylic oxidation sites excluding steroid dienone is 1. The van der Waals surface area contributed by atoms with Gasteiger partial charge in [0, 0.05) is 5.57 Å². The van der Waals surface area contributed by atoms with Gasteiger partial charge < -0.3 is 4.74 Å². The van der Waals surface area contributed by atoms with Gasteiger partial charge in [-0.2, -0.15) is 0 Å². The molecule has 0 aliphatic carbocycles. The van der Waals surface area contributed by atoms with E-state index >= 15 is 0 Å². The van der Waals surface area contributed by atoms with Gasteiger partial charge in [-0.3, -0.25) is 0 Å². The minimum atomic E-state index is -0.542. The standard InChI is InChI=1S/C10H12O3/c1-6(2)4-5-8-7(3)9(11)13-10(8)12/h4-6H,1-3H3/b5-4-. The molecular formula is C10H12O3. The molecule has 13 heavy (non-hydrogen) atoms. The van der Waals surface area contributed by atoms with Crippen LogP contribution < -0.4 is 0 Å². The predicted octanol–water partition coefficient (Wildman–Crippen LogP) is 1.60. The van der Waals surface area contributed by atoms with Crippen LogP contribution in [-0.4, -0.2) is 11.9 Å². The smallest absolute Gasteiger partial charge is 0.346 e. The Morgan fingerprint density at radius 2 is 1.85 bits per heavy atom. The summed E-state index contributed by atoms with van der Waals surface area (Å²) in [5.41, 5.74) is 0.764. The zero-order chi connectivity index (χ0) is 10.0. The third-order valence-electron chi connectivity index (χ3n) is 1.76. The summed E-state index contributed by atoms with van der Waals surface area (Å²) in [5.74, 6) is -0.725. The Labute approximate surface area is 77.1 Å². The molecule has 1 aliphatic heterocycles. The first-order chi connectivity index (χ1) is 6.02. The number of ether oxygens (including phenoxy) is 1. The average Bonchev–Trinajstić information content (AvgIpc) is 2.24. The molecule has 0 saturated carbocycles. The lowest BCUT2D eigenvalue weighted by Crippen LogP contribution is -2.01. The molecule has 0 fully saturated rings. The summed E-state index contributed by atoms with van der Waals surface area (Å²) in [6.07, 6.45) is 3.51. The van der Waals surface area contributed by atoms with Crippen LogP contribution in [0.15, 0.2) is 23.3 Å². The molecule has 70 valence electrons. The number of esters is 2. The normalized spacial score (nSPS) is 17.8. The molecule has 0 bridgehead atoms. The Morgan fingerprint density at radius 3 is 2.23 bits per heavy atom. The summed E-state index contributed by atoms with van der Waals surface area (Å²) >= 11 is 0. The van der Waals surface area contributed by atoms with E-state index in [9.17, 15) is 9.59 Å². The molecule has 0 saturated heterocycles. The fourth-order valence-electron chi connectivity index (χ4n) is 0.960. The molecule has 0 spiro atoms. The highest BCUT2D eigenvalue weighted by Crippen LogP contribution is 2.18. The van der Waals surface area contributed by atoms with Gasteiger partial charge in [0.05, 0.1) is 5.57 Å². The Balaban J connectivity index is 2.90. The van der Waals surface area contributed by atoms with Crippen LogP contribution in [0.4, 0.5) is 0 Å². The fraction of sp³-hybridized carbons (Fsp3) is 0.400. The number of cyclic esters (lactones) is 2. The van der Waals surface area contributed by atoms with Gasteiger partial charge in [0.25, 0.3) is 0 Å². The van der Waals surface area contributed by atoms with Gasteiger partial charge in [-0.05, 0) is 12.8 Å². The molecule has 1 aliphatic rings. The van der Waals surface area contributed by atoms with E-state index in [1.807, 2.05) is 19.9 Å². The van der Waals surface area contributed by atoms with Crippen LogP contribution in [0.5, 0.6) is 0 Å². The molecule has 1 heterocycles. The van der Waals surface area contributed by atoms with Gasteiger partial charge in [-0.25, -0.2) is 9.59 Å². The second-order valence-corrected chi connectivity index (χ2v) is 3.32. The van der Waals surface area contributed by atoms with Crippen molar-refractivity contribution in [1.82, 2.24) is 0 Å². The predicted molar refractivity (Wildman–Crippen MR) is 47.8 cm³/mol. The van der Waals surface area contributed by atoms with E-state index in [0.717, 1.165) is 0 Å². The van der Waals surface area contributed by atoms with Crippen LogP contribution in [0.3, 0.4) is 0 Å². The zero-order valence-electron chi connectivity index (χ0n) is 7.96. The molecule has 3 nitrogen and oxygen atoms in total. The number of hydrogen-bond acceptors (Lipinski definition) is 3. The topological polar surface area (TPSA) is 43.4 Å². The van der Waals surface area contributed by atoms with E-state index < -0.39 is 11.9 Å². The van der Waals surface area contributed by atoms with Crippen molar-refractivity contribution in [3.8, 4) is 0 Å². The van der Waals surface area contributed by atoms with Crippen molar-refractivity contribution in [3.63, 3.8) is 0 Å². The first-order valence-electron chi connectivity index (χ1n) is 4.18. The van der Waals surface area contributed by atoms with Crippen molar-refractivity contribution in [2.24, 2.45) is 5.92 Å². The summed E-state index contributed by atoms with van der Waals surface area (Å²) in [6, 6.07) is 0. The summed E-state index contributed by atoms with van der Waals surface area (Å²) in [5, 5.41) is 0. The van der Waals surface area contributed by atoms with Gasteiger partial charge in [0.2, 0.25) is 0 Å². The lowest BCUT2D eigenvalue weighted by Gasteiger charge is -1.93. The van der Waals surface area contributed by atoms with Gasteiger partial charge >= 0.3 is 11.9 Å². The van der Waals surface area contributed by atoms with E-state index in [-0.39, 0.29) is 0 Å². The molecule has 0 N–H and O–H groups in total. The number of rotatable bonds is 2. The van der Waals surface area contributed by atoms with Crippen LogP contribution in [0, 0.1) is 5.92 Å². The van der Waals surface area contributed by atoms with Crippen LogP contribution in [0.25, 0.3) is 0 Å². The molecule has 1 rings (SSSR count). The van der Waals surface area contributed by atoms with Crippen LogP contribution in [0.1, 0.15) is 20.8 Å². The van der Waals surface area contributed by atoms with Gasteiger partial charge in [-0.1, -0.05) is 26.0 Å². The monoisotopic (exact) mass is 180 g/mol. The Hall–Kier alpha value is -1.38. The van der Waals surface area contributed by atoms with E-state index in [0.29, 0.717) is 17.1 Å². The highest BCUT2D eigenvalue weighted by Gasteiger charge is 2.27. The third kappa shape index (κ3) is 2.05. The second kappa shape index (κ2) is 3.56. The maximum Gasteiger partial charge on any atom is 0.346 e.